The molecule has 0 aliphatic heterocycles. The fourth-order valence-electron chi connectivity index (χ4n) is 2.66. The van der Waals surface area contributed by atoms with Crippen LogP contribution in [-0.4, -0.2) is 35.8 Å². The van der Waals surface area contributed by atoms with E-state index >= 15 is 0 Å². The van der Waals surface area contributed by atoms with Crippen molar-refractivity contribution in [3.8, 4) is 11.4 Å². The van der Waals surface area contributed by atoms with Gasteiger partial charge < -0.3 is 10.1 Å². The molecule has 0 aromatic carbocycles. The van der Waals surface area contributed by atoms with E-state index in [1.807, 2.05) is 19.1 Å². The quantitative estimate of drug-likeness (QED) is 0.640. The lowest BCUT2D eigenvalue weighted by Crippen LogP contribution is -2.27. The van der Waals surface area contributed by atoms with Gasteiger partial charge >= 0.3 is 5.97 Å². The summed E-state index contributed by atoms with van der Waals surface area (Å²) < 4.78 is -0.946. The summed E-state index contributed by atoms with van der Waals surface area (Å²) in [7, 11) is 0. The molecule has 2 N–H and O–H groups in total. The van der Waals surface area contributed by atoms with Crippen LogP contribution in [0.25, 0.3) is 22.3 Å². The molecule has 0 amide bonds. The molecule has 0 saturated heterocycles. The van der Waals surface area contributed by atoms with Gasteiger partial charge in [0.05, 0.1) is 23.1 Å². The van der Waals surface area contributed by atoms with E-state index in [1.54, 1.807) is 26.4 Å². The van der Waals surface area contributed by atoms with Crippen molar-refractivity contribution in [2.45, 2.75) is 56.7 Å². The molecular weight excluding hydrogens is 360 g/mol. The minimum atomic E-state index is -0.946. The van der Waals surface area contributed by atoms with Gasteiger partial charge in [0.25, 0.3) is 0 Å². The lowest BCUT2D eigenvalue weighted by molar-refractivity contribution is -0.138. The van der Waals surface area contributed by atoms with Gasteiger partial charge in [-0.15, -0.1) is 0 Å². The molecule has 3 rings (SSSR count). The summed E-state index contributed by atoms with van der Waals surface area (Å²) >= 11 is 1.26. The highest BCUT2D eigenvalue weighted by atomic mass is 32.2. The number of carboxylic acid groups (broad SMARTS) is 1. The van der Waals surface area contributed by atoms with Crippen molar-refractivity contribution in [3.05, 3.63) is 35.9 Å². The van der Waals surface area contributed by atoms with Gasteiger partial charge in [-0.3, -0.25) is 4.79 Å². The number of aliphatic carboxylic acids is 1. The third kappa shape index (κ3) is 3.83. The second kappa shape index (κ2) is 6.64. The topological polar surface area (TPSA) is 91.8 Å². The Balaban J connectivity index is 2.04. The van der Waals surface area contributed by atoms with Crippen LogP contribution >= 0.6 is 11.8 Å². The van der Waals surface area contributed by atoms with Crippen molar-refractivity contribution in [3.63, 3.8) is 0 Å². The molecule has 27 heavy (non-hydrogen) atoms. The molecule has 0 atom stereocenters. The number of pyridine rings is 1. The number of carboxylic acids is 1. The molecule has 0 aliphatic carbocycles. The van der Waals surface area contributed by atoms with Gasteiger partial charge in [-0.2, -0.15) is 0 Å². The first-order valence-corrected chi connectivity index (χ1v) is 9.54. The van der Waals surface area contributed by atoms with Gasteiger partial charge in [-0.05, 0) is 38.5 Å². The number of aromatic nitrogens is 4. The Morgan fingerprint density at radius 1 is 1.11 bits per heavy atom. The second-order valence-electron chi connectivity index (χ2n) is 8.15. The highest BCUT2D eigenvalue weighted by molar-refractivity contribution is 8.01. The van der Waals surface area contributed by atoms with Crippen molar-refractivity contribution < 1.29 is 9.90 Å². The first-order valence-electron chi connectivity index (χ1n) is 8.72. The fraction of sp³-hybridized carbons (Fsp3) is 0.400. The smallest absolute Gasteiger partial charge is 0.319 e. The van der Waals surface area contributed by atoms with Crippen LogP contribution in [0, 0.1) is 6.92 Å². The molecule has 0 spiro atoms. The molecule has 0 bridgehead atoms. The molecular formula is C20H24N4O2S. The van der Waals surface area contributed by atoms with E-state index in [0.29, 0.717) is 0 Å². The van der Waals surface area contributed by atoms with Crippen molar-refractivity contribution >= 4 is 28.6 Å². The van der Waals surface area contributed by atoms with Crippen LogP contribution in [0.5, 0.6) is 0 Å². The van der Waals surface area contributed by atoms with E-state index in [0.717, 1.165) is 38.6 Å². The number of aromatic amines is 1. The zero-order chi connectivity index (χ0) is 20.0. The Morgan fingerprint density at radius 3 is 2.44 bits per heavy atom. The van der Waals surface area contributed by atoms with Crippen molar-refractivity contribution in [2.75, 3.05) is 0 Å². The predicted molar refractivity (Wildman–Crippen MR) is 108 cm³/mol. The third-order valence-electron chi connectivity index (χ3n) is 4.46. The fourth-order valence-corrected chi connectivity index (χ4v) is 3.60. The number of aryl methyl sites for hydroxylation is 1. The number of nitrogens with one attached hydrogen (secondary N) is 1. The maximum absolute atomic E-state index is 11.4. The summed E-state index contributed by atoms with van der Waals surface area (Å²) in [5.41, 5.74) is 4.48. The molecule has 7 heteroatoms. The summed E-state index contributed by atoms with van der Waals surface area (Å²) in [6, 6.07) is 4.04. The Bertz CT molecular complexity index is 1020. The number of thioether (sulfide) groups is 1. The average Bonchev–Trinajstić information content (AvgIpc) is 3.02. The van der Waals surface area contributed by atoms with E-state index in [-0.39, 0.29) is 5.41 Å². The molecule has 0 unspecified atom stereocenters. The third-order valence-corrected chi connectivity index (χ3v) is 5.75. The highest BCUT2D eigenvalue weighted by Gasteiger charge is 2.30. The zero-order valence-corrected chi connectivity index (χ0v) is 17.2. The number of fused-ring (bicyclic) bond motifs is 1. The SMILES string of the molecule is Cc1c(SC(C)(C)C(=O)O)ncc2[nH]c(-c3cc(C(C)(C)C)ncn3)cc12. The normalized spacial score (nSPS) is 12.5. The molecule has 6 nitrogen and oxygen atoms in total. The molecule has 142 valence electrons. The molecule has 0 aliphatic rings. The van der Waals surface area contributed by atoms with Crippen LogP contribution in [0.2, 0.25) is 0 Å². The Labute approximate surface area is 162 Å². The van der Waals surface area contributed by atoms with Crippen LogP contribution in [0.15, 0.2) is 29.7 Å². The van der Waals surface area contributed by atoms with Crippen LogP contribution in [0.1, 0.15) is 45.9 Å². The molecule has 3 aromatic heterocycles. The summed E-state index contributed by atoms with van der Waals surface area (Å²) in [6.07, 6.45) is 3.33. The van der Waals surface area contributed by atoms with E-state index in [1.165, 1.54) is 11.8 Å². The second-order valence-corrected chi connectivity index (χ2v) is 9.77. The average molecular weight is 385 g/mol. The standard InChI is InChI=1S/C20H24N4O2S/c1-11-12-7-14(13-8-16(19(2,3)4)23-10-22-13)24-15(12)9-21-17(11)27-20(5,6)18(25)26/h7-10,24H,1-6H3,(H,25,26). The first-order chi connectivity index (χ1) is 12.5. The van der Waals surface area contributed by atoms with E-state index in [9.17, 15) is 9.90 Å². The van der Waals surface area contributed by atoms with Gasteiger partial charge in [0.1, 0.15) is 16.1 Å². The molecule has 3 aromatic rings. The van der Waals surface area contributed by atoms with Crippen LogP contribution in [0.3, 0.4) is 0 Å². The monoisotopic (exact) mass is 384 g/mol. The summed E-state index contributed by atoms with van der Waals surface area (Å²) in [4.78, 5) is 28.1. The van der Waals surface area contributed by atoms with E-state index < -0.39 is 10.7 Å². The minimum Gasteiger partial charge on any atom is -0.480 e. The number of H-pyrrole nitrogens is 1. The van der Waals surface area contributed by atoms with Gasteiger partial charge in [0.2, 0.25) is 0 Å². The number of carbonyl (C=O) groups is 1. The van der Waals surface area contributed by atoms with E-state index in [4.69, 9.17) is 0 Å². The van der Waals surface area contributed by atoms with E-state index in [2.05, 4.69) is 40.7 Å². The molecule has 0 saturated carbocycles. The summed E-state index contributed by atoms with van der Waals surface area (Å²) in [5, 5.41) is 11.1. The van der Waals surface area contributed by atoms with Gasteiger partial charge in [-0.25, -0.2) is 15.0 Å². The van der Waals surface area contributed by atoms with Gasteiger partial charge in [0.15, 0.2) is 0 Å². The lowest BCUT2D eigenvalue weighted by atomic mass is 9.91. The van der Waals surface area contributed by atoms with Crippen LogP contribution in [-0.2, 0) is 10.2 Å². The van der Waals surface area contributed by atoms with Crippen LogP contribution < -0.4 is 0 Å². The minimum absolute atomic E-state index is 0.0621. The first kappa shape index (κ1) is 19.4. The number of hydrogen-bond acceptors (Lipinski definition) is 5. The van der Waals surface area contributed by atoms with Crippen molar-refractivity contribution in [2.24, 2.45) is 0 Å². The highest BCUT2D eigenvalue weighted by Crippen LogP contribution is 2.36. The summed E-state index contributed by atoms with van der Waals surface area (Å²) in [5.74, 6) is -0.862. The molecule has 0 radical (unpaired) electrons. The van der Waals surface area contributed by atoms with Gasteiger partial charge in [-0.1, -0.05) is 32.5 Å². The molecule has 3 heterocycles. The predicted octanol–water partition coefficient (Wildman–Crippen LogP) is 4.58. The van der Waals surface area contributed by atoms with Crippen molar-refractivity contribution in [1.29, 1.82) is 0 Å². The lowest BCUT2D eigenvalue weighted by Gasteiger charge is -2.18. The number of nitrogens with zero attached hydrogens (tertiary/aromatic N) is 3. The number of rotatable bonds is 4. The maximum Gasteiger partial charge on any atom is 0.319 e. The van der Waals surface area contributed by atoms with Crippen LogP contribution in [0.4, 0.5) is 0 Å². The Kier molecular flexibility index (Phi) is 4.76. The van der Waals surface area contributed by atoms with Crippen molar-refractivity contribution in [1.82, 2.24) is 19.9 Å². The Hall–Kier alpha value is -2.41. The molecule has 0 fully saturated rings. The number of hydrogen-bond donors (Lipinski definition) is 2. The Morgan fingerprint density at radius 2 is 1.81 bits per heavy atom. The van der Waals surface area contributed by atoms with Gasteiger partial charge in [0, 0.05) is 16.5 Å². The zero-order valence-electron chi connectivity index (χ0n) is 16.4. The maximum atomic E-state index is 11.4. The largest absolute Gasteiger partial charge is 0.480 e. The summed E-state index contributed by atoms with van der Waals surface area (Å²) in [6.45, 7) is 11.7.